The first-order valence-electron chi connectivity index (χ1n) is 16.6. The van der Waals surface area contributed by atoms with Gasteiger partial charge in [-0.25, -0.2) is 0 Å². The maximum absolute atomic E-state index is 14.0. The topological polar surface area (TPSA) is 59.1 Å². The molecule has 0 spiro atoms. The molecule has 2 rings (SSSR count). The second kappa shape index (κ2) is 24.6. The monoisotopic (exact) mass is 716 g/mol. The number of halogens is 4. The van der Waals surface area contributed by atoms with E-state index in [4.69, 9.17) is 55.9 Å². The highest BCUT2D eigenvalue weighted by Gasteiger charge is 2.28. The molecule has 0 N–H and O–H groups in total. The highest BCUT2D eigenvalue weighted by molar-refractivity contribution is 6.18. The van der Waals surface area contributed by atoms with Crippen LogP contribution in [-0.4, -0.2) is 97.4 Å². The van der Waals surface area contributed by atoms with Gasteiger partial charge in [-0.3, -0.25) is 9.59 Å². The minimum absolute atomic E-state index is 0.0346. The van der Waals surface area contributed by atoms with Crippen LogP contribution in [0.3, 0.4) is 0 Å². The molecule has 0 fully saturated rings. The van der Waals surface area contributed by atoms with Crippen molar-refractivity contribution in [2.75, 3.05) is 76.0 Å². The van der Waals surface area contributed by atoms with Gasteiger partial charge in [0.25, 0.3) is 0 Å². The van der Waals surface area contributed by atoms with E-state index in [0.717, 1.165) is 37.2 Å². The second-order valence-corrected chi connectivity index (χ2v) is 13.0. The van der Waals surface area contributed by atoms with Gasteiger partial charge < -0.3 is 19.3 Å². The summed E-state index contributed by atoms with van der Waals surface area (Å²) in [6, 6.07) is 14.7. The van der Waals surface area contributed by atoms with Crippen LogP contribution in [0.5, 0.6) is 11.5 Å². The molecule has 0 aliphatic rings. The number of ketones is 2. The van der Waals surface area contributed by atoms with Gasteiger partial charge in [-0.15, -0.1) is 46.4 Å². The highest BCUT2D eigenvalue weighted by atomic mass is 35.5. The smallest absolute Gasteiger partial charge is 0.167 e. The Labute approximate surface area is 297 Å². The third kappa shape index (κ3) is 15.1. The van der Waals surface area contributed by atoms with Crippen LogP contribution in [0.1, 0.15) is 73.1 Å². The van der Waals surface area contributed by atoms with Gasteiger partial charge in [0.15, 0.2) is 11.6 Å². The molecule has 10 heteroatoms. The van der Waals surface area contributed by atoms with Crippen molar-refractivity contribution in [3.8, 4) is 11.5 Å². The van der Waals surface area contributed by atoms with Crippen molar-refractivity contribution < 1.29 is 19.1 Å². The largest absolute Gasteiger partial charge is 0.494 e. The van der Waals surface area contributed by atoms with Crippen molar-refractivity contribution in [1.29, 1.82) is 0 Å². The van der Waals surface area contributed by atoms with Crippen molar-refractivity contribution in [1.82, 2.24) is 9.80 Å². The summed E-state index contributed by atoms with van der Waals surface area (Å²) in [5.74, 6) is 2.62. The van der Waals surface area contributed by atoms with Crippen LogP contribution in [0.15, 0.2) is 48.5 Å². The Morgan fingerprint density at radius 1 is 0.587 bits per heavy atom. The number of nitrogens with zero attached hydrogens (tertiary/aromatic N) is 2. The third-order valence-corrected chi connectivity index (χ3v) is 8.65. The zero-order chi connectivity index (χ0) is 33.6. The molecule has 2 atom stereocenters. The molecular weight excluding hydrogens is 666 g/mol. The fourth-order valence-corrected chi connectivity index (χ4v) is 6.23. The van der Waals surface area contributed by atoms with Crippen LogP contribution < -0.4 is 9.47 Å². The Morgan fingerprint density at radius 3 is 1.20 bits per heavy atom. The van der Waals surface area contributed by atoms with Crippen LogP contribution in [0, 0.1) is 11.8 Å². The van der Waals surface area contributed by atoms with Crippen LogP contribution >= 0.6 is 46.4 Å². The maximum atomic E-state index is 14.0. The lowest BCUT2D eigenvalue weighted by molar-refractivity contribution is 0.0816. The van der Waals surface area contributed by atoms with Crippen LogP contribution in [0.4, 0.5) is 0 Å². The van der Waals surface area contributed by atoms with Crippen molar-refractivity contribution in [3.63, 3.8) is 0 Å². The number of Topliss-reactive ketones (excluding diaryl/α,β-unsaturated/α-hetero) is 2. The minimum atomic E-state index is -0.350. The molecule has 0 aliphatic carbocycles. The lowest BCUT2D eigenvalue weighted by atomic mass is 9.86. The van der Waals surface area contributed by atoms with Gasteiger partial charge in [0.2, 0.25) is 0 Å². The summed E-state index contributed by atoms with van der Waals surface area (Å²) < 4.78 is 11.6. The third-order valence-electron chi connectivity index (χ3n) is 7.98. The Hall–Kier alpha value is -1.54. The summed E-state index contributed by atoms with van der Waals surface area (Å²) >= 11 is 24.5. The molecule has 2 aromatic carbocycles. The van der Waals surface area contributed by atoms with Crippen LogP contribution in [-0.2, 0) is 0 Å². The van der Waals surface area contributed by atoms with Gasteiger partial charge in [0, 0.05) is 85.8 Å². The predicted octanol–water partition coefficient (Wildman–Crippen LogP) is 8.68. The van der Waals surface area contributed by atoms with Crippen molar-refractivity contribution >= 4 is 58.0 Å². The number of hydrogen-bond acceptors (Lipinski definition) is 6. The molecule has 46 heavy (non-hydrogen) atoms. The Bertz CT molecular complexity index is 1000. The van der Waals surface area contributed by atoms with Gasteiger partial charge in [-0.2, -0.15) is 0 Å². The summed E-state index contributed by atoms with van der Waals surface area (Å²) in [4.78, 5) is 32.3. The van der Waals surface area contributed by atoms with E-state index in [9.17, 15) is 9.59 Å². The summed E-state index contributed by atoms with van der Waals surface area (Å²) in [5.41, 5.74) is 1.24. The number of carbonyl (C=O) groups excluding carboxylic acids is 2. The van der Waals surface area contributed by atoms with Crippen LogP contribution in [0.25, 0.3) is 0 Å². The summed E-state index contributed by atoms with van der Waals surface area (Å²) in [5, 5.41) is 0. The van der Waals surface area contributed by atoms with Crippen molar-refractivity contribution in [2.45, 2.75) is 52.4 Å². The molecule has 0 saturated carbocycles. The van der Waals surface area contributed by atoms with Crippen LogP contribution in [0.2, 0.25) is 0 Å². The molecule has 0 radical (unpaired) electrons. The molecule has 0 bridgehead atoms. The van der Waals surface area contributed by atoms with Gasteiger partial charge in [-0.05, 0) is 74.2 Å². The molecule has 0 aliphatic heterocycles. The molecule has 0 aromatic heterocycles. The average Bonchev–Trinajstić information content (AvgIpc) is 3.06. The predicted molar refractivity (Wildman–Crippen MR) is 194 cm³/mol. The maximum Gasteiger partial charge on any atom is 0.167 e. The van der Waals surface area contributed by atoms with Gasteiger partial charge in [0.05, 0.1) is 13.2 Å². The molecule has 0 heterocycles. The summed E-state index contributed by atoms with van der Waals surface area (Å²) in [7, 11) is 0. The van der Waals surface area contributed by atoms with E-state index < -0.39 is 0 Å². The van der Waals surface area contributed by atoms with Crippen molar-refractivity contribution in [3.05, 3.63) is 59.7 Å². The minimum Gasteiger partial charge on any atom is -0.494 e. The van der Waals surface area contributed by atoms with E-state index >= 15 is 0 Å². The number of hydrogen-bond donors (Lipinski definition) is 0. The molecular formula is C36H52Cl4N2O4. The Morgan fingerprint density at radius 2 is 0.913 bits per heavy atom. The SMILES string of the molecule is CCCCOc1ccc(C(=O)[C@H](CC[C@@H](CN(CCCl)CCCl)C(=O)c2ccc(OCCCC)cc2)CN(CCCl)CCCl)cc1. The summed E-state index contributed by atoms with van der Waals surface area (Å²) in [6.07, 6.45) is 5.11. The van der Waals surface area contributed by atoms with Gasteiger partial charge >= 0.3 is 0 Å². The summed E-state index contributed by atoms with van der Waals surface area (Å²) in [6.45, 7) is 9.03. The van der Waals surface area contributed by atoms with E-state index in [0.29, 0.717) is 100.0 Å². The first-order chi connectivity index (χ1) is 22.4. The van der Waals surface area contributed by atoms with E-state index in [1.165, 1.54) is 0 Å². The quantitative estimate of drug-likeness (QED) is 0.0524. The second-order valence-electron chi connectivity index (χ2n) is 11.5. The van der Waals surface area contributed by atoms with E-state index in [2.05, 4.69) is 23.6 Å². The molecule has 6 nitrogen and oxygen atoms in total. The highest BCUT2D eigenvalue weighted by Crippen LogP contribution is 2.25. The lowest BCUT2D eigenvalue weighted by Gasteiger charge is -2.29. The first kappa shape index (κ1) is 40.6. The van der Waals surface area contributed by atoms with Crippen molar-refractivity contribution in [2.24, 2.45) is 11.8 Å². The zero-order valence-corrected chi connectivity index (χ0v) is 30.6. The van der Waals surface area contributed by atoms with Gasteiger partial charge in [-0.1, -0.05) is 26.7 Å². The van der Waals surface area contributed by atoms with Gasteiger partial charge in [0.1, 0.15) is 11.5 Å². The number of alkyl halides is 4. The Kier molecular flexibility index (Phi) is 21.7. The first-order valence-corrected chi connectivity index (χ1v) is 18.8. The lowest BCUT2D eigenvalue weighted by Crippen LogP contribution is -2.38. The Balaban J connectivity index is 2.32. The average molecular weight is 719 g/mol. The van der Waals surface area contributed by atoms with E-state index in [1.807, 2.05) is 48.5 Å². The normalized spacial score (nSPS) is 12.8. The number of benzene rings is 2. The van der Waals surface area contributed by atoms with E-state index in [-0.39, 0.29) is 23.4 Å². The molecule has 0 unspecified atom stereocenters. The fourth-order valence-electron chi connectivity index (χ4n) is 5.27. The number of ether oxygens (including phenoxy) is 2. The molecule has 0 saturated heterocycles. The number of unbranched alkanes of at least 4 members (excludes halogenated alkanes) is 2. The molecule has 0 amide bonds. The number of rotatable bonds is 27. The number of carbonyl (C=O) groups is 2. The fraction of sp³-hybridized carbons (Fsp3) is 0.611. The molecule has 258 valence electrons. The molecule has 2 aromatic rings. The standard InChI is InChI=1S/C36H52Cl4N2O4/c1-3-5-25-45-33-13-9-29(10-14-33)35(43)31(27-41(21-17-37)22-18-38)7-8-32(28-42(23-19-39)24-20-40)36(44)30-11-15-34(16-12-30)46-26-6-4-2/h9-16,31-32H,3-8,17-28H2,1-2H3/t31-,32+. The zero-order valence-electron chi connectivity index (χ0n) is 27.5. The van der Waals surface area contributed by atoms with E-state index in [1.54, 1.807) is 0 Å².